The zero-order chi connectivity index (χ0) is 18.9. The van der Waals surface area contributed by atoms with E-state index < -0.39 is 28.0 Å². The number of halogens is 1. The molecule has 142 valence electrons. The highest BCUT2D eigenvalue weighted by Crippen LogP contribution is 2.30. The molecule has 0 saturated carbocycles. The first-order valence-corrected chi connectivity index (χ1v) is 9.89. The number of ether oxygens (including phenoxy) is 1. The maximum Gasteiger partial charge on any atom is 0.414 e. The largest absolute Gasteiger partial charge is 0.447 e. The van der Waals surface area contributed by atoms with Gasteiger partial charge in [-0.2, -0.15) is 0 Å². The van der Waals surface area contributed by atoms with Gasteiger partial charge in [0.05, 0.1) is 17.5 Å². The van der Waals surface area contributed by atoms with E-state index in [9.17, 15) is 22.4 Å². The molecular formula is C16H20FN3O5S. The van der Waals surface area contributed by atoms with Crippen molar-refractivity contribution in [3.63, 3.8) is 0 Å². The van der Waals surface area contributed by atoms with Crippen LogP contribution in [-0.2, 0) is 19.6 Å². The quantitative estimate of drug-likeness (QED) is 0.794. The van der Waals surface area contributed by atoms with Gasteiger partial charge >= 0.3 is 6.09 Å². The molecule has 2 heterocycles. The number of hydrogen-bond donors (Lipinski definition) is 2. The van der Waals surface area contributed by atoms with Crippen molar-refractivity contribution in [1.29, 1.82) is 0 Å². The predicted octanol–water partition coefficient (Wildman–Crippen LogP) is 0.694. The minimum atomic E-state index is -3.26. The first-order chi connectivity index (χ1) is 12.3. The van der Waals surface area contributed by atoms with Crippen molar-refractivity contribution in [3.05, 3.63) is 29.6 Å². The van der Waals surface area contributed by atoms with Crippen LogP contribution in [0.5, 0.6) is 0 Å². The minimum absolute atomic E-state index is 0.0455. The molecule has 2 aliphatic rings. The topological polar surface area (TPSA) is 105 Å². The standard InChI is InChI=1S/C16H20FN3O5S/c1-10(21)18-8-13-9-25-16(22)20(13)12-2-3-14(15(17)6-12)11-4-5-26(23,24)19-7-11/h2-3,6,11,13,19H,4-5,7-9H2,1H3,(H,18,21). The number of carbonyl (C=O) groups excluding carboxylic acids is 2. The van der Waals surface area contributed by atoms with Gasteiger partial charge in [0.1, 0.15) is 12.4 Å². The molecular weight excluding hydrogens is 365 g/mol. The van der Waals surface area contributed by atoms with E-state index in [1.807, 2.05) is 0 Å². The highest BCUT2D eigenvalue weighted by atomic mass is 32.2. The maximum atomic E-state index is 14.6. The summed E-state index contributed by atoms with van der Waals surface area (Å²) in [4.78, 5) is 24.4. The van der Waals surface area contributed by atoms with Crippen LogP contribution in [0.1, 0.15) is 24.8 Å². The van der Waals surface area contributed by atoms with E-state index in [2.05, 4.69) is 10.0 Å². The van der Waals surface area contributed by atoms with Gasteiger partial charge in [0.15, 0.2) is 0 Å². The number of cyclic esters (lactones) is 1. The zero-order valence-corrected chi connectivity index (χ0v) is 15.0. The Morgan fingerprint density at radius 2 is 2.23 bits per heavy atom. The summed E-state index contributed by atoms with van der Waals surface area (Å²) in [7, 11) is -3.26. The molecule has 2 aliphatic heterocycles. The van der Waals surface area contributed by atoms with E-state index in [0.29, 0.717) is 17.7 Å². The molecule has 0 spiro atoms. The number of nitrogens with zero attached hydrogens (tertiary/aromatic N) is 1. The lowest BCUT2D eigenvalue weighted by Crippen LogP contribution is -2.42. The number of amides is 2. The van der Waals surface area contributed by atoms with Gasteiger partial charge in [-0.15, -0.1) is 0 Å². The van der Waals surface area contributed by atoms with Crippen molar-refractivity contribution in [2.24, 2.45) is 0 Å². The van der Waals surface area contributed by atoms with E-state index in [1.54, 1.807) is 12.1 Å². The highest BCUT2D eigenvalue weighted by molar-refractivity contribution is 7.89. The SMILES string of the molecule is CC(=O)NCC1COC(=O)N1c1ccc(C2CCS(=O)(=O)NC2)c(F)c1. The molecule has 0 aliphatic carbocycles. The Balaban J connectivity index is 1.78. The smallest absolute Gasteiger partial charge is 0.414 e. The average Bonchev–Trinajstić information content (AvgIpc) is 2.94. The van der Waals surface area contributed by atoms with Gasteiger partial charge in [-0.05, 0) is 24.1 Å². The Labute approximate surface area is 150 Å². The number of hydrogen-bond acceptors (Lipinski definition) is 5. The van der Waals surface area contributed by atoms with Crippen LogP contribution >= 0.6 is 0 Å². The van der Waals surface area contributed by atoms with Gasteiger partial charge in [0.2, 0.25) is 15.9 Å². The number of rotatable bonds is 4. The van der Waals surface area contributed by atoms with Crippen LogP contribution in [0.25, 0.3) is 0 Å². The minimum Gasteiger partial charge on any atom is -0.447 e. The van der Waals surface area contributed by atoms with E-state index in [-0.39, 0.29) is 37.3 Å². The second-order valence-corrected chi connectivity index (χ2v) is 8.32. The maximum absolute atomic E-state index is 14.6. The van der Waals surface area contributed by atoms with Crippen LogP contribution in [0.3, 0.4) is 0 Å². The summed E-state index contributed by atoms with van der Waals surface area (Å²) in [6, 6.07) is 3.99. The number of anilines is 1. The van der Waals surface area contributed by atoms with Crippen molar-refractivity contribution in [1.82, 2.24) is 10.0 Å². The molecule has 2 N–H and O–H groups in total. The number of sulfonamides is 1. The molecule has 2 atom stereocenters. The van der Waals surface area contributed by atoms with Crippen molar-refractivity contribution in [2.45, 2.75) is 25.3 Å². The molecule has 3 rings (SSSR count). The molecule has 10 heteroatoms. The van der Waals surface area contributed by atoms with E-state index >= 15 is 0 Å². The first-order valence-electron chi connectivity index (χ1n) is 8.24. The van der Waals surface area contributed by atoms with Crippen LogP contribution in [-0.4, -0.2) is 51.9 Å². The van der Waals surface area contributed by atoms with Gasteiger partial charge in [-0.3, -0.25) is 9.69 Å². The Kier molecular flexibility index (Phi) is 5.15. The summed E-state index contributed by atoms with van der Waals surface area (Å²) in [6.07, 6.45) is -0.263. The Hall–Kier alpha value is -2.20. The lowest BCUT2D eigenvalue weighted by molar-refractivity contribution is -0.119. The molecule has 1 aromatic rings. The summed E-state index contributed by atoms with van der Waals surface area (Å²) in [5, 5.41) is 2.62. The monoisotopic (exact) mass is 385 g/mol. The van der Waals surface area contributed by atoms with Gasteiger partial charge in [0, 0.05) is 25.9 Å². The van der Waals surface area contributed by atoms with Crippen molar-refractivity contribution in [3.8, 4) is 0 Å². The lowest BCUT2D eigenvalue weighted by Gasteiger charge is -2.25. The van der Waals surface area contributed by atoms with E-state index in [4.69, 9.17) is 4.74 Å². The molecule has 0 aromatic heterocycles. The van der Waals surface area contributed by atoms with Crippen molar-refractivity contribution < 1.29 is 27.1 Å². The van der Waals surface area contributed by atoms with Crippen molar-refractivity contribution >= 4 is 27.7 Å². The summed E-state index contributed by atoms with van der Waals surface area (Å²) in [5.74, 6) is -1.04. The molecule has 8 nitrogen and oxygen atoms in total. The second kappa shape index (κ2) is 7.20. The van der Waals surface area contributed by atoms with Crippen LogP contribution in [0.4, 0.5) is 14.9 Å². The van der Waals surface area contributed by atoms with Crippen LogP contribution in [0.15, 0.2) is 18.2 Å². The molecule has 2 amide bonds. The molecule has 26 heavy (non-hydrogen) atoms. The van der Waals surface area contributed by atoms with E-state index in [0.717, 1.165) is 0 Å². The first kappa shape index (κ1) is 18.6. The van der Waals surface area contributed by atoms with Gasteiger partial charge in [-0.1, -0.05) is 6.07 Å². The Morgan fingerprint density at radius 1 is 1.46 bits per heavy atom. The lowest BCUT2D eigenvalue weighted by atomic mass is 9.95. The van der Waals surface area contributed by atoms with Crippen molar-refractivity contribution in [2.75, 3.05) is 30.3 Å². The van der Waals surface area contributed by atoms with Crippen LogP contribution < -0.4 is 14.9 Å². The van der Waals surface area contributed by atoms with Gasteiger partial charge < -0.3 is 10.1 Å². The third kappa shape index (κ3) is 3.96. The second-order valence-electron chi connectivity index (χ2n) is 6.40. The van der Waals surface area contributed by atoms with Crippen LogP contribution in [0, 0.1) is 5.82 Å². The Bertz CT molecular complexity index is 815. The highest BCUT2D eigenvalue weighted by Gasteiger charge is 2.35. The fourth-order valence-corrected chi connectivity index (χ4v) is 4.34. The summed E-state index contributed by atoms with van der Waals surface area (Å²) in [6.45, 7) is 1.83. The molecule has 2 saturated heterocycles. The Morgan fingerprint density at radius 3 is 2.85 bits per heavy atom. The van der Waals surface area contributed by atoms with E-state index in [1.165, 1.54) is 17.9 Å². The molecule has 2 unspecified atom stereocenters. The molecule has 1 aromatic carbocycles. The number of carbonyl (C=O) groups is 2. The third-order valence-electron chi connectivity index (χ3n) is 4.53. The summed E-state index contributed by atoms with van der Waals surface area (Å²) < 4.78 is 44.9. The summed E-state index contributed by atoms with van der Waals surface area (Å²) >= 11 is 0. The molecule has 0 bridgehead atoms. The molecule has 0 radical (unpaired) electrons. The fraction of sp³-hybridized carbons (Fsp3) is 0.500. The molecule has 2 fully saturated rings. The van der Waals surface area contributed by atoms with Gasteiger partial charge in [0.25, 0.3) is 0 Å². The fourth-order valence-electron chi connectivity index (χ4n) is 3.15. The average molecular weight is 385 g/mol. The normalized spacial score (nSPS) is 25.0. The number of benzene rings is 1. The predicted molar refractivity (Wildman–Crippen MR) is 91.8 cm³/mol. The van der Waals surface area contributed by atoms with Crippen LogP contribution in [0.2, 0.25) is 0 Å². The third-order valence-corrected chi connectivity index (χ3v) is 5.91. The summed E-state index contributed by atoms with van der Waals surface area (Å²) in [5.41, 5.74) is 0.739. The zero-order valence-electron chi connectivity index (χ0n) is 14.2. The number of nitrogens with one attached hydrogen (secondary N) is 2. The van der Waals surface area contributed by atoms with Gasteiger partial charge in [-0.25, -0.2) is 22.3 Å².